The molecule has 1 heterocycles. The summed E-state index contributed by atoms with van der Waals surface area (Å²) in [6.45, 7) is 7.31. The molecule has 0 saturated heterocycles. The summed E-state index contributed by atoms with van der Waals surface area (Å²) in [4.78, 5) is 12.2. The van der Waals surface area contributed by atoms with Crippen molar-refractivity contribution in [3.63, 3.8) is 0 Å². The van der Waals surface area contributed by atoms with E-state index in [0.717, 1.165) is 15.8 Å². The monoisotopic (exact) mass is 327 g/mol. The van der Waals surface area contributed by atoms with Gasteiger partial charge in [0.15, 0.2) is 0 Å². The lowest BCUT2D eigenvalue weighted by Gasteiger charge is -2.16. The Labute approximate surface area is 140 Å². The van der Waals surface area contributed by atoms with Crippen molar-refractivity contribution in [3.8, 4) is 11.8 Å². The summed E-state index contributed by atoms with van der Waals surface area (Å²) in [5.41, 5.74) is 2.77. The Kier molecular flexibility index (Phi) is 5.37. The Balaban J connectivity index is 2.12. The number of aryl methyl sites for hydroxylation is 3. The Morgan fingerprint density at radius 1 is 1.33 bits per heavy atom. The van der Waals surface area contributed by atoms with Crippen molar-refractivity contribution in [2.24, 2.45) is 0 Å². The van der Waals surface area contributed by atoms with Crippen molar-refractivity contribution in [1.82, 2.24) is 9.78 Å². The second-order valence-electron chi connectivity index (χ2n) is 5.92. The number of hydrogen-bond donors (Lipinski definition) is 1. The van der Waals surface area contributed by atoms with Crippen molar-refractivity contribution in [1.29, 1.82) is 5.26 Å². The summed E-state index contributed by atoms with van der Waals surface area (Å²) in [6, 6.07) is 7.74. The Bertz CT molecular complexity index is 850. The Morgan fingerprint density at radius 2 is 2.04 bits per heavy atom. The zero-order valence-corrected chi connectivity index (χ0v) is 14.3. The molecule has 2 rings (SSSR count). The van der Waals surface area contributed by atoms with Crippen molar-refractivity contribution >= 4 is 0 Å². The van der Waals surface area contributed by atoms with Crippen molar-refractivity contribution in [2.45, 2.75) is 40.3 Å². The fraction of sp³-hybridized carbons (Fsp3) is 0.389. The van der Waals surface area contributed by atoms with Crippen molar-refractivity contribution in [2.75, 3.05) is 6.61 Å². The van der Waals surface area contributed by atoms with Crippen LogP contribution in [0.3, 0.4) is 0 Å². The molecular formula is C18H21N3O3. The van der Waals surface area contributed by atoms with E-state index >= 15 is 0 Å². The number of benzene rings is 1. The lowest BCUT2D eigenvalue weighted by Crippen LogP contribution is -2.34. The average Bonchev–Trinajstić information content (AvgIpc) is 2.54. The molecule has 0 aliphatic heterocycles. The number of rotatable bonds is 5. The van der Waals surface area contributed by atoms with E-state index in [1.807, 2.05) is 38.1 Å². The summed E-state index contributed by atoms with van der Waals surface area (Å²) >= 11 is 0. The largest absolute Gasteiger partial charge is 0.491 e. The van der Waals surface area contributed by atoms with E-state index in [4.69, 9.17) is 10.00 Å². The predicted molar refractivity (Wildman–Crippen MR) is 90.1 cm³/mol. The first-order chi connectivity index (χ1) is 11.3. The van der Waals surface area contributed by atoms with E-state index < -0.39 is 11.7 Å². The van der Waals surface area contributed by atoms with Crippen molar-refractivity contribution < 1.29 is 9.84 Å². The zero-order valence-electron chi connectivity index (χ0n) is 14.3. The molecule has 6 nitrogen and oxygen atoms in total. The molecule has 0 aliphatic rings. The minimum atomic E-state index is -0.913. The van der Waals surface area contributed by atoms with Crippen LogP contribution in [0, 0.1) is 39.0 Å². The Morgan fingerprint density at radius 3 is 2.71 bits per heavy atom. The highest BCUT2D eigenvalue weighted by Crippen LogP contribution is 2.19. The van der Waals surface area contributed by atoms with Crippen LogP contribution in [0.25, 0.3) is 0 Å². The minimum absolute atomic E-state index is 0.0283. The highest BCUT2D eigenvalue weighted by atomic mass is 16.5. The van der Waals surface area contributed by atoms with E-state index in [2.05, 4.69) is 5.10 Å². The molecule has 24 heavy (non-hydrogen) atoms. The molecule has 0 spiro atoms. The highest BCUT2D eigenvalue weighted by molar-refractivity contribution is 5.36. The van der Waals surface area contributed by atoms with Gasteiger partial charge in [0.2, 0.25) is 0 Å². The number of aliphatic hydroxyl groups excluding tert-OH is 1. The number of ether oxygens (including phenoxy) is 1. The second-order valence-corrected chi connectivity index (χ2v) is 5.92. The first-order valence-corrected chi connectivity index (χ1v) is 7.70. The van der Waals surface area contributed by atoms with Crippen LogP contribution in [0.1, 0.15) is 27.9 Å². The quantitative estimate of drug-likeness (QED) is 0.904. The molecule has 0 fully saturated rings. The lowest BCUT2D eigenvalue weighted by molar-refractivity contribution is 0.0874. The van der Waals surface area contributed by atoms with Crippen LogP contribution < -0.4 is 10.3 Å². The molecule has 0 bridgehead atoms. The van der Waals surface area contributed by atoms with Crippen LogP contribution in [-0.2, 0) is 6.54 Å². The third kappa shape index (κ3) is 3.81. The standard InChI is InChI=1S/C18H21N3O3/c1-11-5-6-12(2)17(7-11)24-10-15(22)9-21-18(23)16(8-19)13(3)14(4)20-21/h5-7,15,22H,9-10H2,1-4H3. The molecule has 0 amide bonds. The van der Waals surface area contributed by atoms with Gasteiger partial charge in [-0.25, -0.2) is 4.68 Å². The van der Waals surface area contributed by atoms with Crippen LogP contribution in [0.2, 0.25) is 0 Å². The van der Waals surface area contributed by atoms with Gasteiger partial charge < -0.3 is 9.84 Å². The SMILES string of the molecule is Cc1ccc(C)c(OCC(O)Cn2nc(C)c(C)c(C#N)c2=O)c1. The first kappa shape index (κ1) is 17.7. The fourth-order valence-electron chi connectivity index (χ4n) is 2.33. The third-order valence-corrected chi connectivity index (χ3v) is 3.91. The molecule has 0 radical (unpaired) electrons. The van der Waals surface area contributed by atoms with Crippen LogP contribution in [0.4, 0.5) is 0 Å². The van der Waals surface area contributed by atoms with E-state index in [1.54, 1.807) is 13.8 Å². The van der Waals surface area contributed by atoms with Gasteiger partial charge in [0, 0.05) is 0 Å². The molecule has 6 heteroatoms. The van der Waals surface area contributed by atoms with Gasteiger partial charge in [0.05, 0.1) is 12.2 Å². The summed E-state index contributed by atoms with van der Waals surface area (Å²) in [5, 5.41) is 23.4. The molecule has 1 N–H and O–H groups in total. The molecule has 2 aromatic rings. The van der Waals surface area contributed by atoms with Gasteiger partial charge in [-0.15, -0.1) is 0 Å². The van der Waals surface area contributed by atoms with Gasteiger partial charge in [0.1, 0.15) is 30.1 Å². The number of aliphatic hydroxyl groups is 1. The maximum atomic E-state index is 12.2. The van der Waals surface area contributed by atoms with E-state index in [0.29, 0.717) is 17.0 Å². The smallest absolute Gasteiger partial charge is 0.285 e. The summed E-state index contributed by atoms with van der Waals surface area (Å²) < 4.78 is 6.77. The van der Waals surface area contributed by atoms with Gasteiger partial charge in [-0.05, 0) is 50.5 Å². The third-order valence-electron chi connectivity index (χ3n) is 3.91. The van der Waals surface area contributed by atoms with Crippen LogP contribution >= 0.6 is 0 Å². The number of nitrogens with zero attached hydrogens (tertiary/aromatic N) is 3. The molecule has 1 aromatic heterocycles. The van der Waals surface area contributed by atoms with E-state index in [-0.39, 0.29) is 18.7 Å². The van der Waals surface area contributed by atoms with E-state index in [1.165, 1.54) is 0 Å². The summed E-state index contributed by atoms with van der Waals surface area (Å²) in [5.74, 6) is 0.701. The van der Waals surface area contributed by atoms with Crippen LogP contribution in [-0.4, -0.2) is 27.6 Å². The van der Waals surface area contributed by atoms with Crippen LogP contribution in [0.5, 0.6) is 5.75 Å². The lowest BCUT2D eigenvalue weighted by atomic mass is 10.1. The normalized spacial score (nSPS) is 11.8. The zero-order chi connectivity index (χ0) is 17.9. The van der Waals surface area contributed by atoms with Gasteiger partial charge in [-0.3, -0.25) is 4.79 Å². The fourth-order valence-corrected chi connectivity index (χ4v) is 2.33. The topological polar surface area (TPSA) is 88.1 Å². The molecule has 1 unspecified atom stereocenters. The van der Waals surface area contributed by atoms with Crippen LogP contribution in [0.15, 0.2) is 23.0 Å². The number of aromatic nitrogens is 2. The molecule has 126 valence electrons. The molecule has 1 aromatic carbocycles. The minimum Gasteiger partial charge on any atom is -0.491 e. The van der Waals surface area contributed by atoms with Gasteiger partial charge >= 0.3 is 0 Å². The highest BCUT2D eigenvalue weighted by Gasteiger charge is 2.15. The maximum absolute atomic E-state index is 12.2. The molecule has 0 saturated carbocycles. The molecule has 1 atom stereocenters. The van der Waals surface area contributed by atoms with Gasteiger partial charge in [-0.2, -0.15) is 10.4 Å². The summed E-state index contributed by atoms with van der Waals surface area (Å²) in [6.07, 6.45) is -0.913. The first-order valence-electron chi connectivity index (χ1n) is 7.70. The summed E-state index contributed by atoms with van der Waals surface area (Å²) in [7, 11) is 0. The van der Waals surface area contributed by atoms with E-state index in [9.17, 15) is 9.90 Å². The predicted octanol–water partition coefficient (Wildman–Crippen LogP) is 1.79. The average molecular weight is 327 g/mol. The van der Waals surface area contributed by atoms with Gasteiger partial charge in [-0.1, -0.05) is 12.1 Å². The maximum Gasteiger partial charge on any atom is 0.285 e. The second kappa shape index (κ2) is 7.28. The molecular weight excluding hydrogens is 306 g/mol. The molecule has 0 aliphatic carbocycles. The van der Waals surface area contributed by atoms with Gasteiger partial charge in [0.25, 0.3) is 5.56 Å². The number of hydrogen-bond acceptors (Lipinski definition) is 5. The van der Waals surface area contributed by atoms with Crippen molar-refractivity contribution in [3.05, 3.63) is 56.5 Å². The Hall–Kier alpha value is -2.65. The number of nitriles is 1.